The number of halogens is 4. The molecule has 0 unspecified atom stereocenters. The van der Waals surface area contributed by atoms with Crippen molar-refractivity contribution in [2.45, 2.75) is 19.0 Å². The monoisotopic (exact) mass is 290 g/mol. The molecular weight excluding hydrogens is 278 g/mol. The Labute approximate surface area is 112 Å². The molecule has 20 heavy (non-hydrogen) atoms. The summed E-state index contributed by atoms with van der Waals surface area (Å²) in [4.78, 5) is 11.5. The van der Waals surface area contributed by atoms with Gasteiger partial charge in [0.15, 0.2) is 0 Å². The number of alkyl halides is 3. The third-order valence-electron chi connectivity index (χ3n) is 3.44. The van der Waals surface area contributed by atoms with Crippen molar-refractivity contribution in [3.05, 3.63) is 35.1 Å². The van der Waals surface area contributed by atoms with Gasteiger partial charge in [-0.1, -0.05) is 6.07 Å². The smallest absolute Gasteiger partial charge is 0.416 e. The number of carboxylic acid groups (broad SMARTS) is 1. The largest absolute Gasteiger partial charge is 0.530 e. The molecule has 110 valence electrons. The molecule has 1 fully saturated rings. The van der Waals surface area contributed by atoms with E-state index >= 15 is 0 Å². The lowest BCUT2D eigenvalue weighted by Crippen LogP contribution is -2.54. The molecule has 2 rings (SSSR count). The predicted octanol–water partition coefficient (Wildman–Crippen LogP) is 2.05. The number of nitrogens with zero attached hydrogens (tertiary/aromatic N) is 1. The van der Waals surface area contributed by atoms with Crippen LogP contribution in [-0.2, 0) is 12.6 Å². The highest BCUT2D eigenvalue weighted by Crippen LogP contribution is 2.34. The van der Waals surface area contributed by atoms with E-state index in [1.807, 2.05) is 0 Å². The maximum atomic E-state index is 13.5. The highest BCUT2D eigenvalue weighted by atomic mass is 19.4. The Bertz CT molecular complexity index is 510. The fraction of sp³-hybridized carbons (Fsp3) is 0.462. The molecule has 3 nitrogen and oxygen atoms in total. The molecule has 1 aliphatic rings. The molecule has 0 spiro atoms. The lowest BCUT2D eigenvalue weighted by Gasteiger charge is -2.41. The van der Waals surface area contributed by atoms with Gasteiger partial charge in [0.25, 0.3) is 0 Å². The van der Waals surface area contributed by atoms with Crippen LogP contribution in [0, 0.1) is 11.7 Å². The second-order valence-electron chi connectivity index (χ2n) is 4.84. The number of rotatable bonds is 3. The molecule has 1 aliphatic heterocycles. The second-order valence-corrected chi connectivity index (χ2v) is 4.84. The lowest BCUT2D eigenvalue weighted by molar-refractivity contribution is -0.271. The van der Waals surface area contributed by atoms with Gasteiger partial charge in [-0.15, -0.1) is 0 Å². The summed E-state index contributed by atoms with van der Waals surface area (Å²) in [6.45, 7) is 0.469. The summed E-state index contributed by atoms with van der Waals surface area (Å²) in [7, 11) is 0. The molecule has 1 amide bonds. The van der Waals surface area contributed by atoms with Crippen molar-refractivity contribution in [2.24, 2.45) is 5.92 Å². The van der Waals surface area contributed by atoms with Crippen molar-refractivity contribution in [1.29, 1.82) is 0 Å². The number of likely N-dealkylation sites (tertiary alicyclic amines) is 1. The van der Waals surface area contributed by atoms with Crippen molar-refractivity contribution in [1.82, 2.24) is 4.90 Å². The average molecular weight is 290 g/mol. The van der Waals surface area contributed by atoms with E-state index in [2.05, 4.69) is 0 Å². The van der Waals surface area contributed by atoms with E-state index in [0.29, 0.717) is 6.42 Å². The van der Waals surface area contributed by atoms with Gasteiger partial charge >= 0.3 is 6.18 Å². The quantitative estimate of drug-likeness (QED) is 0.800. The van der Waals surface area contributed by atoms with Crippen LogP contribution in [0.5, 0.6) is 0 Å². The average Bonchev–Trinajstić information content (AvgIpc) is 2.26. The van der Waals surface area contributed by atoms with Gasteiger partial charge in [-0.2, -0.15) is 13.2 Å². The van der Waals surface area contributed by atoms with E-state index < -0.39 is 23.7 Å². The van der Waals surface area contributed by atoms with Gasteiger partial charge < -0.3 is 14.8 Å². The normalized spacial score (nSPS) is 16.1. The number of amides is 1. The topological polar surface area (TPSA) is 43.4 Å². The molecule has 0 aliphatic carbocycles. The van der Waals surface area contributed by atoms with E-state index in [4.69, 9.17) is 0 Å². The predicted molar refractivity (Wildman–Crippen MR) is 60.2 cm³/mol. The number of hydrogen-bond donors (Lipinski definition) is 0. The Morgan fingerprint density at radius 2 is 2.00 bits per heavy atom. The number of benzene rings is 1. The number of carbonyl (C=O) groups excluding carboxylic acids is 1. The van der Waals surface area contributed by atoms with Crippen LogP contribution in [-0.4, -0.2) is 24.1 Å². The van der Waals surface area contributed by atoms with Crippen LogP contribution in [0.25, 0.3) is 0 Å². The van der Waals surface area contributed by atoms with E-state index in [0.717, 1.165) is 23.1 Å². The van der Waals surface area contributed by atoms with E-state index in [9.17, 15) is 27.5 Å². The van der Waals surface area contributed by atoms with Crippen LogP contribution in [0.15, 0.2) is 18.2 Å². The molecule has 0 bridgehead atoms. The van der Waals surface area contributed by atoms with Crippen molar-refractivity contribution < 1.29 is 27.5 Å². The summed E-state index contributed by atoms with van der Waals surface area (Å²) in [5.74, 6) is -0.926. The molecule has 7 heteroatoms. The fourth-order valence-electron chi connectivity index (χ4n) is 2.33. The maximum absolute atomic E-state index is 13.5. The van der Waals surface area contributed by atoms with Crippen molar-refractivity contribution in [2.75, 3.05) is 13.1 Å². The second kappa shape index (κ2) is 5.30. The summed E-state index contributed by atoms with van der Waals surface area (Å²) in [6.07, 6.45) is -5.63. The van der Waals surface area contributed by atoms with Gasteiger partial charge in [-0.3, -0.25) is 0 Å². The van der Waals surface area contributed by atoms with Crippen LogP contribution in [0.2, 0.25) is 0 Å². The first-order valence-corrected chi connectivity index (χ1v) is 6.09. The molecule has 0 atom stereocenters. The van der Waals surface area contributed by atoms with Gasteiger partial charge in [0.2, 0.25) is 0 Å². The van der Waals surface area contributed by atoms with Gasteiger partial charge in [-0.25, -0.2) is 4.39 Å². The van der Waals surface area contributed by atoms with E-state index in [-0.39, 0.29) is 31.0 Å². The van der Waals surface area contributed by atoms with Crippen molar-refractivity contribution in [3.63, 3.8) is 0 Å². The minimum absolute atomic E-state index is 0.0476. The van der Waals surface area contributed by atoms with Crippen LogP contribution in [0.4, 0.5) is 22.4 Å². The molecular formula is C13H12F4NO2-. The third kappa shape index (κ3) is 3.02. The Morgan fingerprint density at radius 3 is 2.55 bits per heavy atom. The van der Waals surface area contributed by atoms with Crippen molar-refractivity contribution in [3.8, 4) is 0 Å². The Kier molecular flexibility index (Phi) is 3.87. The van der Waals surface area contributed by atoms with Gasteiger partial charge in [0, 0.05) is 18.7 Å². The Balaban J connectivity index is 2.02. The van der Waals surface area contributed by atoms with Crippen LogP contribution < -0.4 is 5.11 Å². The number of hydrogen-bond acceptors (Lipinski definition) is 2. The SMILES string of the molecule is O=C([O-])N1CC(CCc2c(F)cccc2C(F)(F)F)C1. The first kappa shape index (κ1) is 14.6. The highest BCUT2D eigenvalue weighted by Gasteiger charge is 2.35. The first-order valence-electron chi connectivity index (χ1n) is 6.09. The lowest BCUT2D eigenvalue weighted by atomic mass is 9.91. The van der Waals surface area contributed by atoms with Crippen LogP contribution >= 0.6 is 0 Å². The summed E-state index contributed by atoms with van der Waals surface area (Å²) < 4.78 is 51.8. The molecule has 0 N–H and O–H groups in total. The highest BCUT2D eigenvalue weighted by molar-refractivity contribution is 5.63. The molecule has 0 aromatic heterocycles. The molecule has 1 heterocycles. The first-order chi connectivity index (χ1) is 9.29. The minimum Gasteiger partial charge on any atom is -0.530 e. The van der Waals surface area contributed by atoms with Gasteiger partial charge in [-0.05, 0) is 30.9 Å². The molecule has 1 aromatic carbocycles. The van der Waals surface area contributed by atoms with Gasteiger partial charge in [0.1, 0.15) is 11.9 Å². The van der Waals surface area contributed by atoms with Crippen LogP contribution in [0.1, 0.15) is 17.5 Å². The Hall–Kier alpha value is -1.79. The minimum atomic E-state index is -4.59. The fourth-order valence-corrected chi connectivity index (χ4v) is 2.33. The van der Waals surface area contributed by atoms with Crippen molar-refractivity contribution >= 4 is 6.09 Å². The van der Waals surface area contributed by atoms with Crippen LogP contribution in [0.3, 0.4) is 0 Å². The molecule has 1 saturated heterocycles. The standard InChI is InChI=1S/C13H13F4NO2/c14-11-3-1-2-10(13(15,16)17)9(11)5-4-8-6-18(7-8)12(19)20/h1-3,8H,4-7H2,(H,19,20)/p-1. The summed E-state index contributed by atoms with van der Waals surface area (Å²) in [5.41, 5.74) is -1.32. The molecule has 0 saturated carbocycles. The Morgan fingerprint density at radius 1 is 1.35 bits per heavy atom. The zero-order valence-corrected chi connectivity index (χ0v) is 10.4. The summed E-state index contributed by atoms with van der Waals surface area (Å²) in [5, 5.41) is 10.4. The summed E-state index contributed by atoms with van der Waals surface area (Å²) in [6, 6.07) is 2.88. The summed E-state index contributed by atoms with van der Waals surface area (Å²) >= 11 is 0. The zero-order valence-electron chi connectivity index (χ0n) is 10.4. The third-order valence-corrected chi connectivity index (χ3v) is 3.44. The van der Waals surface area contributed by atoms with E-state index in [1.54, 1.807) is 0 Å². The van der Waals surface area contributed by atoms with Gasteiger partial charge in [0.05, 0.1) is 5.56 Å². The molecule has 0 radical (unpaired) electrons. The van der Waals surface area contributed by atoms with E-state index in [1.165, 1.54) is 0 Å². The molecule has 1 aromatic rings. The maximum Gasteiger partial charge on any atom is 0.416 e. The number of carbonyl (C=O) groups is 1. The zero-order chi connectivity index (χ0) is 14.9.